The first kappa shape index (κ1) is 27.2. The van der Waals surface area contributed by atoms with E-state index in [1.807, 2.05) is 48.5 Å². The van der Waals surface area contributed by atoms with Gasteiger partial charge in [0.15, 0.2) is 0 Å². The lowest BCUT2D eigenvalue weighted by molar-refractivity contribution is -0.110. The summed E-state index contributed by atoms with van der Waals surface area (Å²) in [6.45, 7) is 3.94. The van der Waals surface area contributed by atoms with E-state index in [0.717, 1.165) is 37.2 Å². The molecular weight excluding hydrogens is 520 g/mol. The molecule has 4 aromatic carbocycles. The Morgan fingerprint density at radius 2 is 1.52 bits per heavy atom. The zero-order valence-corrected chi connectivity index (χ0v) is 23.1. The van der Waals surface area contributed by atoms with E-state index in [9.17, 15) is 13.2 Å². The molecule has 0 bridgehead atoms. The monoisotopic (exact) mass is 552 g/mol. The van der Waals surface area contributed by atoms with Gasteiger partial charge >= 0.3 is 0 Å². The molecule has 0 aromatic heterocycles. The summed E-state index contributed by atoms with van der Waals surface area (Å²) in [6, 6.07) is 31.0. The number of hydrogen-bond donors (Lipinski definition) is 4. The van der Waals surface area contributed by atoms with Crippen molar-refractivity contribution in [1.82, 2.24) is 5.32 Å². The number of sulfonamides is 1. The first-order valence-electron chi connectivity index (χ1n) is 13.3. The summed E-state index contributed by atoms with van der Waals surface area (Å²) >= 11 is 0. The summed E-state index contributed by atoms with van der Waals surface area (Å²) in [7, 11) is -3.88. The Kier molecular flexibility index (Phi) is 8.28. The number of carbonyl (C=O) groups is 1. The van der Waals surface area contributed by atoms with Crippen molar-refractivity contribution in [2.24, 2.45) is 0 Å². The number of unbranched alkanes of at least 4 members (excludes halogenated alkanes) is 1. The van der Waals surface area contributed by atoms with Gasteiger partial charge in [0, 0.05) is 29.2 Å². The molecule has 5 rings (SSSR count). The second-order valence-electron chi connectivity index (χ2n) is 9.60. The predicted molar refractivity (Wildman–Crippen MR) is 162 cm³/mol. The highest BCUT2D eigenvalue weighted by Gasteiger charge is 2.30. The molecule has 0 fully saturated rings. The molecule has 4 aromatic rings. The summed E-state index contributed by atoms with van der Waals surface area (Å²) in [6.07, 6.45) is 2.29. The third-order valence-corrected chi connectivity index (χ3v) is 8.02. The lowest BCUT2D eigenvalue weighted by Crippen LogP contribution is -2.14. The average molecular weight is 553 g/mol. The summed E-state index contributed by atoms with van der Waals surface area (Å²) in [5.74, 6) is -0.302. The van der Waals surface area contributed by atoms with Gasteiger partial charge in [-0.15, -0.1) is 0 Å². The summed E-state index contributed by atoms with van der Waals surface area (Å²) < 4.78 is 29.0. The van der Waals surface area contributed by atoms with Crippen molar-refractivity contribution in [3.63, 3.8) is 0 Å². The topological polar surface area (TPSA) is 99.3 Å². The number of para-hydroxylation sites is 1. The standard InChI is InChI=1S/C32H32N4O3S/c1-2-3-20-33-22-23-14-16-25(17-15-23)34-31(24-10-6-4-7-11-24)30-28-21-27(18-19-29(28)35-32(30)37)40(38,39)36-26-12-8-5-9-13-26/h4-19,21,33-34,36H,2-3,20,22H2,1H3,(H,35,37). The van der Waals surface area contributed by atoms with Crippen LogP contribution < -0.4 is 20.7 Å². The van der Waals surface area contributed by atoms with Crippen LogP contribution in [0.2, 0.25) is 0 Å². The maximum absolute atomic E-state index is 13.3. The Labute approximate surface area is 235 Å². The number of fused-ring (bicyclic) bond motifs is 1. The lowest BCUT2D eigenvalue weighted by atomic mass is 10.00. The van der Waals surface area contributed by atoms with E-state index in [1.165, 1.54) is 11.6 Å². The number of hydrogen-bond acceptors (Lipinski definition) is 5. The highest BCUT2D eigenvalue weighted by atomic mass is 32.2. The van der Waals surface area contributed by atoms with Crippen LogP contribution in [-0.4, -0.2) is 20.9 Å². The van der Waals surface area contributed by atoms with Crippen LogP contribution in [0.1, 0.15) is 36.5 Å². The number of rotatable bonds is 11. The van der Waals surface area contributed by atoms with Gasteiger partial charge in [0.05, 0.1) is 16.2 Å². The minimum atomic E-state index is -3.88. The van der Waals surface area contributed by atoms with Crippen molar-refractivity contribution in [2.45, 2.75) is 31.2 Å². The van der Waals surface area contributed by atoms with Crippen LogP contribution in [-0.2, 0) is 21.4 Å². The van der Waals surface area contributed by atoms with Gasteiger partial charge in [0.1, 0.15) is 0 Å². The van der Waals surface area contributed by atoms with Crippen LogP contribution in [0, 0.1) is 0 Å². The average Bonchev–Trinajstić information content (AvgIpc) is 3.30. The van der Waals surface area contributed by atoms with Gasteiger partial charge in [-0.1, -0.05) is 74.0 Å². The number of amides is 1. The van der Waals surface area contributed by atoms with Gasteiger partial charge in [-0.05, 0) is 66.6 Å². The minimum Gasteiger partial charge on any atom is -0.354 e. The van der Waals surface area contributed by atoms with Crippen LogP contribution in [0.5, 0.6) is 0 Å². The molecule has 0 radical (unpaired) electrons. The van der Waals surface area contributed by atoms with E-state index in [1.54, 1.807) is 36.4 Å². The highest BCUT2D eigenvalue weighted by Crippen LogP contribution is 2.39. The summed E-state index contributed by atoms with van der Waals surface area (Å²) in [5, 5.41) is 9.78. The Hall–Kier alpha value is -4.40. The number of carbonyl (C=O) groups excluding carboxylic acids is 1. The Balaban J connectivity index is 1.50. The van der Waals surface area contributed by atoms with E-state index < -0.39 is 10.0 Å². The smallest absolute Gasteiger partial charge is 0.261 e. The van der Waals surface area contributed by atoms with E-state index in [0.29, 0.717) is 28.2 Å². The van der Waals surface area contributed by atoms with E-state index in [2.05, 4.69) is 39.7 Å². The molecule has 8 heteroatoms. The first-order valence-corrected chi connectivity index (χ1v) is 14.8. The van der Waals surface area contributed by atoms with Gasteiger partial charge in [-0.3, -0.25) is 9.52 Å². The molecule has 204 valence electrons. The number of anilines is 3. The van der Waals surface area contributed by atoms with Crippen LogP contribution in [0.15, 0.2) is 108 Å². The fourth-order valence-corrected chi connectivity index (χ4v) is 5.63. The van der Waals surface area contributed by atoms with Crippen LogP contribution in [0.3, 0.4) is 0 Å². The Bertz CT molecular complexity index is 1620. The molecule has 1 aliphatic heterocycles. The molecule has 0 atom stereocenters. The Morgan fingerprint density at radius 3 is 2.23 bits per heavy atom. The largest absolute Gasteiger partial charge is 0.354 e. The zero-order chi connectivity index (χ0) is 28.0. The number of nitrogens with one attached hydrogen (secondary N) is 4. The molecular formula is C32H32N4O3S. The van der Waals surface area contributed by atoms with Crippen LogP contribution in [0.4, 0.5) is 17.1 Å². The van der Waals surface area contributed by atoms with Gasteiger partial charge in [-0.2, -0.15) is 0 Å². The van der Waals surface area contributed by atoms with Crippen molar-refractivity contribution in [3.05, 3.63) is 120 Å². The third kappa shape index (κ3) is 6.25. The molecule has 0 saturated heterocycles. The quantitative estimate of drug-likeness (QED) is 0.129. The van der Waals surface area contributed by atoms with Crippen molar-refractivity contribution in [1.29, 1.82) is 0 Å². The summed E-state index contributed by atoms with van der Waals surface area (Å²) in [5.41, 5.74) is 5.30. The molecule has 40 heavy (non-hydrogen) atoms. The van der Waals surface area contributed by atoms with E-state index >= 15 is 0 Å². The molecule has 0 unspecified atom stereocenters. The first-order chi connectivity index (χ1) is 19.4. The second kappa shape index (κ2) is 12.2. The van der Waals surface area contributed by atoms with Gasteiger partial charge < -0.3 is 16.0 Å². The number of benzene rings is 4. The lowest BCUT2D eigenvalue weighted by Gasteiger charge is -2.16. The maximum Gasteiger partial charge on any atom is 0.261 e. The van der Waals surface area contributed by atoms with Crippen molar-refractivity contribution < 1.29 is 13.2 Å². The normalized spacial score (nSPS) is 13.9. The van der Waals surface area contributed by atoms with Crippen molar-refractivity contribution in [3.8, 4) is 0 Å². The maximum atomic E-state index is 13.3. The molecule has 1 aliphatic rings. The molecule has 1 heterocycles. The molecule has 0 saturated carbocycles. The van der Waals surface area contributed by atoms with Gasteiger partial charge in [0.2, 0.25) is 0 Å². The molecule has 1 amide bonds. The second-order valence-corrected chi connectivity index (χ2v) is 11.3. The summed E-state index contributed by atoms with van der Waals surface area (Å²) in [4.78, 5) is 13.4. The van der Waals surface area contributed by atoms with Crippen molar-refractivity contribution >= 4 is 44.3 Å². The molecule has 0 aliphatic carbocycles. The molecule has 4 N–H and O–H groups in total. The third-order valence-electron chi connectivity index (χ3n) is 6.64. The molecule has 7 nitrogen and oxygen atoms in total. The predicted octanol–water partition coefficient (Wildman–Crippen LogP) is 6.31. The van der Waals surface area contributed by atoms with E-state index in [-0.39, 0.29) is 10.8 Å². The van der Waals surface area contributed by atoms with Crippen LogP contribution >= 0.6 is 0 Å². The minimum absolute atomic E-state index is 0.0661. The Morgan fingerprint density at radius 1 is 0.825 bits per heavy atom. The molecule has 0 spiro atoms. The highest BCUT2D eigenvalue weighted by molar-refractivity contribution is 7.92. The SMILES string of the molecule is CCCCNCc1ccc(NC(=C2C(=O)Nc3ccc(S(=O)(=O)Nc4ccccc4)cc32)c2ccccc2)cc1. The van der Waals surface area contributed by atoms with E-state index in [4.69, 9.17) is 0 Å². The fraction of sp³-hybridized carbons (Fsp3) is 0.156. The van der Waals surface area contributed by atoms with Crippen molar-refractivity contribution in [2.75, 3.05) is 21.9 Å². The fourth-order valence-electron chi connectivity index (χ4n) is 4.55. The zero-order valence-electron chi connectivity index (χ0n) is 22.3. The van der Waals surface area contributed by atoms with Crippen LogP contribution in [0.25, 0.3) is 11.3 Å². The van der Waals surface area contributed by atoms with Gasteiger partial charge in [0.25, 0.3) is 15.9 Å². The van der Waals surface area contributed by atoms with Gasteiger partial charge in [-0.25, -0.2) is 8.42 Å².